The van der Waals surface area contributed by atoms with E-state index in [0.717, 1.165) is 39.1 Å². The maximum absolute atomic E-state index is 5.94. The summed E-state index contributed by atoms with van der Waals surface area (Å²) in [7, 11) is 0. The van der Waals surface area contributed by atoms with Gasteiger partial charge in [-0.15, -0.1) is 0 Å². The molecule has 1 saturated heterocycles. The second-order valence-corrected chi connectivity index (χ2v) is 5.59. The summed E-state index contributed by atoms with van der Waals surface area (Å²) in [4.78, 5) is 0. The van der Waals surface area contributed by atoms with Gasteiger partial charge in [-0.2, -0.15) is 0 Å². The fourth-order valence-electron chi connectivity index (χ4n) is 3.54. The molecule has 2 fully saturated rings. The number of ether oxygens (including phenoxy) is 2. The number of para-hydroxylation sites is 1. The molecule has 0 amide bonds. The van der Waals surface area contributed by atoms with Crippen molar-refractivity contribution in [2.75, 3.05) is 25.1 Å². The van der Waals surface area contributed by atoms with Crippen molar-refractivity contribution in [3.63, 3.8) is 0 Å². The number of hydrogen-bond donors (Lipinski definition) is 1. The van der Waals surface area contributed by atoms with Crippen molar-refractivity contribution in [3.8, 4) is 0 Å². The van der Waals surface area contributed by atoms with Gasteiger partial charge in [-0.05, 0) is 38.3 Å². The molecule has 104 valence electrons. The van der Waals surface area contributed by atoms with Crippen LogP contribution < -0.4 is 5.32 Å². The van der Waals surface area contributed by atoms with Gasteiger partial charge in [0.25, 0.3) is 0 Å². The maximum Gasteiger partial charge on any atom is 0.0672 e. The van der Waals surface area contributed by atoms with Crippen LogP contribution in [0.4, 0.5) is 5.69 Å². The fraction of sp³-hybridized carbons (Fsp3) is 0.625. The van der Waals surface area contributed by atoms with E-state index in [1.54, 1.807) is 0 Å². The second kappa shape index (κ2) is 5.51. The summed E-state index contributed by atoms with van der Waals surface area (Å²) in [6, 6.07) is 11.0. The van der Waals surface area contributed by atoms with Crippen LogP contribution in [0.2, 0.25) is 0 Å². The van der Waals surface area contributed by atoms with Gasteiger partial charge in [-0.3, -0.25) is 0 Å². The molecule has 0 aromatic heterocycles. The Morgan fingerprint density at radius 1 is 1.26 bits per heavy atom. The molecule has 2 unspecified atom stereocenters. The summed E-state index contributed by atoms with van der Waals surface area (Å²) >= 11 is 0. The lowest BCUT2D eigenvalue weighted by Crippen LogP contribution is -2.63. The van der Waals surface area contributed by atoms with Crippen molar-refractivity contribution in [1.29, 1.82) is 0 Å². The van der Waals surface area contributed by atoms with Crippen LogP contribution in [0.1, 0.15) is 26.2 Å². The van der Waals surface area contributed by atoms with Gasteiger partial charge in [-0.25, -0.2) is 0 Å². The first-order valence-electron chi connectivity index (χ1n) is 7.36. The van der Waals surface area contributed by atoms with Crippen molar-refractivity contribution in [2.24, 2.45) is 5.41 Å². The lowest BCUT2D eigenvalue weighted by molar-refractivity contribution is -0.159. The minimum atomic E-state index is 0.282. The van der Waals surface area contributed by atoms with Gasteiger partial charge in [0.2, 0.25) is 0 Å². The number of benzene rings is 1. The molecule has 0 bridgehead atoms. The molecule has 3 heteroatoms. The van der Waals surface area contributed by atoms with E-state index in [2.05, 4.69) is 42.6 Å². The van der Waals surface area contributed by atoms with Crippen molar-refractivity contribution in [1.82, 2.24) is 0 Å². The van der Waals surface area contributed by atoms with E-state index in [-0.39, 0.29) is 5.41 Å². The molecule has 3 nitrogen and oxygen atoms in total. The van der Waals surface area contributed by atoms with Crippen LogP contribution in [0, 0.1) is 5.41 Å². The summed E-state index contributed by atoms with van der Waals surface area (Å²) in [6.07, 6.45) is 3.75. The number of hydrogen-bond acceptors (Lipinski definition) is 3. The first-order chi connectivity index (χ1) is 9.35. The van der Waals surface area contributed by atoms with Gasteiger partial charge in [0.05, 0.1) is 6.10 Å². The maximum atomic E-state index is 5.94. The van der Waals surface area contributed by atoms with E-state index in [4.69, 9.17) is 9.47 Å². The van der Waals surface area contributed by atoms with E-state index in [9.17, 15) is 0 Å². The van der Waals surface area contributed by atoms with Gasteiger partial charge in [0, 0.05) is 37.0 Å². The smallest absolute Gasteiger partial charge is 0.0672 e. The molecule has 3 rings (SSSR count). The van der Waals surface area contributed by atoms with Crippen LogP contribution in [0.3, 0.4) is 0 Å². The summed E-state index contributed by atoms with van der Waals surface area (Å²) in [5, 5.41) is 3.69. The minimum absolute atomic E-state index is 0.282. The molecular weight excluding hydrogens is 238 g/mol. The van der Waals surface area contributed by atoms with E-state index in [1.807, 2.05) is 0 Å². The monoisotopic (exact) mass is 261 g/mol. The standard InChI is InChI=1S/C16H23NO2/c1-2-19-15-12-14(16(15)8-10-18-11-9-16)17-13-6-4-3-5-7-13/h3-7,14-15,17H,2,8-12H2,1H3. The average molecular weight is 261 g/mol. The van der Waals surface area contributed by atoms with Gasteiger partial charge < -0.3 is 14.8 Å². The minimum Gasteiger partial charge on any atom is -0.382 e. The zero-order valence-electron chi connectivity index (χ0n) is 11.6. The first-order valence-corrected chi connectivity index (χ1v) is 7.36. The van der Waals surface area contributed by atoms with Crippen LogP contribution in [-0.2, 0) is 9.47 Å². The van der Waals surface area contributed by atoms with Crippen LogP contribution in [0.25, 0.3) is 0 Å². The average Bonchev–Trinajstić information content (AvgIpc) is 2.48. The molecule has 1 aliphatic carbocycles. The van der Waals surface area contributed by atoms with Crippen molar-refractivity contribution >= 4 is 5.69 Å². The highest BCUT2D eigenvalue weighted by Gasteiger charge is 2.56. The lowest BCUT2D eigenvalue weighted by atomic mass is 9.57. The Morgan fingerprint density at radius 2 is 2.00 bits per heavy atom. The van der Waals surface area contributed by atoms with Gasteiger partial charge in [-0.1, -0.05) is 18.2 Å². The molecule has 2 aliphatic rings. The fourth-order valence-corrected chi connectivity index (χ4v) is 3.54. The number of nitrogens with one attached hydrogen (secondary N) is 1. The van der Waals surface area contributed by atoms with Crippen molar-refractivity contribution in [3.05, 3.63) is 30.3 Å². The summed E-state index contributed by atoms with van der Waals surface area (Å²) < 4.78 is 11.5. The SMILES string of the molecule is CCOC1CC(Nc2ccccc2)C12CCOCC2. The van der Waals surface area contributed by atoms with Gasteiger partial charge in [0.1, 0.15) is 0 Å². The van der Waals surface area contributed by atoms with E-state index >= 15 is 0 Å². The summed E-state index contributed by atoms with van der Waals surface area (Å²) in [5.41, 5.74) is 1.50. The molecule has 1 spiro atoms. The van der Waals surface area contributed by atoms with Crippen molar-refractivity contribution in [2.45, 2.75) is 38.3 Å². The largest absolute Gasteiger partial charge is 0.382 e. The van der Waals surface area contributed by atoms with Crippen LogP contribution >= 0.6 is 0 Å². The number of rotatable bonds is 4. The molecular formula is C16H23NO2. The van der Waals surface area contributed by atoms with Crippen molar-refractivity contribution < 1.29 is 9.47 Å². The summed E-state index contributed by atoms with van der Waals surface area (Å²) in [6.45, 7) is 4.64. The van der Waals surface area contributed by atoms with Crippen LogP contribution in [0.15, 0.2) is 30.3 Å². The Balaban J connectivity index is 1.71. The Hall–Kier alpha value is -1.06. The lowest BCUT2D eigenvalue weighted by Gasteiger charge is -2.57. The van der Waals surface area contributed by atoms with Crippen LogP contribution in [-0.4, -0.2) is 32.0 Å². The molecule has 1 N–H and O–H groups in total. The Kier molecular flexibility index (Phi) is 3.76. The van der Waals surface area contributed by atoms with Crippen LogP contribution in [0.5, 0.6) is 0 Å². The van der Waals surface area contributed by atoms with E-state index in [0.29, 0.717) is 12.1 Å². The first kappa shape index (κ1) is 12.9. The molecule has 2 atom stereocenters. The predicted molar refractivity (Wildman–Crippen MR) is 76.4 cm³/mol. The predicted octanol–water partition coefficient (Wildman–Crippen LogP) is 3.07. The third-order valence-corrected chi connectivity index (χ3v) is 4.69. The second-order valence-electron chi connectivity index (χ2n) is 5.59. The highest BCUT2D eigenvalue weighted by molar-refractivity contribution is 5.45. The van der Waals surface area contributed by atoms with E-state index in [1.165, 1.54) is 5.69 Å². The Morgan fingerprint density at radius 3 is 2.68 bits per heavy atom. The third-order valence-electron chi connectivity index (χ3n) is 4.69. The molecule has 1 aromatic rings. The van der Waals surface area contributed by atoms with E-state index < -0.39 is 0 Å². The van der Waals surface area contributed by atoms with Gasteiger partial charge in [0.15, 0.2) is 0 Å². The highest BCUT2D eigenvalue weighted by atomic mass is 16.5. The number of anilines is 1. The third kappa shape index (κ3) is 2.37. The molecule has 1 aromatic carbocycles. The zero-order valence-corrected chi connectivity index (χ0v) is 11.6. The Labute approximate surface area is 115 Å². The zero-order chi connectivity index (χ0) is 13.1. The molecule has 1 heterocycles. The summed E-state index contributed by atoms with van der Waals surface area (Å²) in [5.74, 6) is 0. The molecule has 19 heavy (non-hydrogen) atoms. The highest BCUT2D eigenvalue weighted by Crippen LogP contribution is 2.51. The molecule has 1 saturated carbocycles. The normalized spacial score (nSPS) is 28.9. The Bertz CT molecular complexity index is 400. The quantitative estimate of drug-likeness (QED) is 0.903. The topological polar surface area (TPSA) is 30.5 Å². The van der Waals surface area contributed by atoms with Gasteiger partial charge >= 0.3 is 0 Å². The molecule has 1 aliphatic heterocycles. The molecule has 0 radical (unpaired) electrons.